The quantitative estimate of drug-likeness (QED) is 0.803. The van der Waals surface area contributed by atoms with Gasteiger partial charge < -0.3 is 10.3 Å². The Labute approximate surface area is 87.4 Å². The minimum absolute atomic E-state index is 0.235. The van der Waals surface area contributed by atoms with Gasteiger partial charge in [0.1, 0.15) is 11.6 Å². The van der Waals surface area contributed by atoms with Gasteiger partial charge in [0.05, 0.1) is 0 Å². The van der Waals surface area contributed by atoms with Crippen molar-refractivity contribution in [1.82, 2.24) is 15.3 Å². The number of halogens is 1. The number of aromatic amines is 1. The van der Waals surface area contributed by atoms with Crippen LogP contribution in [0, 0.1) is 5.82 Å². The van der Waals surface area contributed by atoms with Crippen LogP contribution < -0.4 is 5.32 Å². The molecule has 78 valence electrons. The Hall–Kier alpha value is -1.68. The molecule has 1 heterocycles. The highest BCUT2D eigenvalue weighted by atomic mass is 19.1. The molecular weight excluding hydrogens is 193 g/mol. The van der Waals surface area contributed by atoms with Crippen molar-refractivity contribution in [3.8, 4) is 11.4 Å². The Balaban J connectivity index is 2.25. The SMILES string of the molecule is CNCc1cnc(-c2ccc(F)cc2)[nH]1. The zero-order valence-electron chi connectivity index (χ0n) is 8.42. The molecule has 0 amide bonds. The van der Waals surface area contributed by atoms with E-state index in [2.05, 4.69) is 15.3 Å². The number of aromatic nitrogens is 2. The monoisotopic (exact) mass is 205 g/mol. The summed E-state index contributed by atoms with van der Waals surface area (Å²) in [5, 5.41) is 3.03. The van der Waals surface area contributed by atoms with E-state index in [1.54, 1.807) is 18.3 Å². The fourth-order valence-corrected chi connectivity index (χ4v) is 1.39. The van der Waals surface area contributed by atoms with Crippen LogP contribution in [0.15, 0.2) is 30.5 Å². The molecular formula is C11H12FN3. The van der Waals surface area contributed by atoms with E-state index < -0.39 is 0 Å². The molecule has 2 N–H and O–H groups in total. The van der Waals surface area contributed by atoms with Gasteiger partial charge in [-0.1, -0.05) is 0 Å². The van der Waals surface area contributed by atoms with Gasteiger partial charge in [-0.05, 0) is 31.3 Å². The number of imidazole rings is 1. The van der Waals surface area contributed by atoms with Gasteiger partial charge in [0.25, 0.3) is 0 Å². The Morgan fingerprint density at radius 2 is 2.07 bits per heavy atom. The lowest BCUT2D eigenvalue weighted by Crippen LogP contribution is -2.04. The molecule has 2 rings (SSSR count). The first-order valence-corrected chi connectivity index (χ1v) is 4.74. The van der Waals surface area contributed by atoms with Gasteiger partial charge in [0.15, 0.2) is 0 Å². The van der Waals surface area contributed by atoms with Crippen molar-refractivity contribution in [3.05, 3.63) is 42.0 Å². The minimum atomic E-state index is -0.235. The molecule has 4 heteroatoms. The molecule has 0 aliphatic rings. The molecule has 0 aliphatic heterocycles. The first-order chi connectivity index (χ1) is 7.29. The zero-order valence-corrected chi connectivity index (χ0v) is 8.42. The summed E-state index contributed by atoms with van der Waals surface area (Å²) in [7, 11) is 1.87. The van der Waals surface area contributed by atoms with Crippen LogP contribution in [0.3, 0.4) is 0 Å². The number of hydrogen-bond donors (Lipinski definition) is 2. The molecule has 0 saturated heterocycles. The molecule has 1 aromatic heterocycles. The smallest absolute Gasteiger partial charge is 0.137 e. The van der Waals surface area contributed by atoms with E-state index in [1.807, 2.05) is 7.05 Å². The topological polar surface area (TPSA) is 40.7 Å². The average molecular weight is 205 g/mol. The number of nitrogens with one attached hydrogen (secondary N) is 2. The van der Waals surface area contributed by atoms with Crippen LogP contribution in [0.2, 0.25) is 0 Å². The highest BCUT2D eigenvalue weighted by Crippen LogP contribution is 2.15. The van der Waals surface area contributed by atoms with Gasteiger partial charge in [0, 0.05) is 24.0 Å². The third-order valence-corrected chi connectivity index (χ3v) is 2.11. The van der Waals surface area contributed by atoms with E-state index in [-0.39, 0.29) is 5.82 Å². The summed E-state index contributed by atoms with van der Waals surface area (Å²) in [6.07, 6.45) is 1.77. The first-order valence-electron chi connectivity index (χ1n) is 4.74. The Morgan fingerprint density at radius 1 is 1.33 bits per heavy atom. The molecule has 0 spiro atoms. The Kier molecular flexibility index (Phi) is 2.78. The van der Waals surface area contributed by atoms with Crippen molar-refractivity contribution in [2.75, 3.05) is 7.05 Å². The summed E-state index contributed by atoms with van der Waals surface area (Å²) in [5.74, 6) is 0.529. The fourth-order valence-electron chi connectivity index (χ4n) is 1.39. The predicted molar refractivity (Wildman–Crippen MR) is 56.7 cm³/mol. The predicted octanol–water partition coefficient (Wildman–Crippen LogP) is 1.94. The number of hydrogen-bond acceptors (Lipinski definition) is 2. The number of rotatable bonds is 3. The van der Waals surface area contributed by atoms with Gasteiger partial charge in [-0.25, -0.2) is 9.37 Å². The van der Waals surface area contributed by atoms with Crippen molar-refractivity contribution in [3.63, 3.8) is 0 Å². The number of nitrogens with zero attached hydrogens (tertiary/aromatic N) is 1. The van der Waals surface area contributed by atoms with E-state index in [0.29, 0.717) is 0 Å². The lowest BCUT2D eigenvalue weighted by Gasteiger charge is -1.96. The average Bonchev–Trinajstić information content (AvgIpc) is 2.68. The largest absolute Gasteiger partial charge is 0.341 e. The van der Waals surface area contributed by atoms with Gasteiger partial charge in [-0.3, -0.25) is 0 Å². The zero-order chi connectivity index (χ0) is 10.7. The van der Waals surface area contributed by atoms with E-state index in [4.69, 9.17) is 0 Å². The third kappa shape index (κ3) is 2.22. The molecule has 0 bridgehead atoms. The Bertz CT molecular complexity index is 433. The van der Waals surface area contributed by atoms with Gasteiger partial charge in [-0.15, -0.1) is 0 Å². The minimum Gasteiger partial charge on any atom is -0.341 e. The maximum atomic E-state index is 12.7. The Morgan fingerprint density at radius 3 is 2.73 bits per heavy atom. The maximum absolute atomic E-state index is 12.7. The number of benzene rings is 1. The van der Waals surface area contributed by atoms with Crippen molar-refractivity contribution in [2.24, 2.45) is 0 Å². The molecule has 2 aromatic rings. The maximum Gasteiger partial charge on any atom is 0.137 e. The lowest BCUT2D eigenvalue weighted by atomic mass is 10.2. The van der Waals surface area contributed by atoms with Crippen molar-refractivity contribution < 1.29 is 4.39 Å². The normalized spacial score (nSPS) is 10.5. The second-order valence-corrected chi connectivity index (χ2v) is 3.29. The lowest BCUT2D eigenvalue weighted by molar-refractivity contribution is 0.628. The molecule has 0 unspecified atom stereocenters. The summed E-state index contributed by atoms with van der Waals surface area (Å²) in [5.41, 5.74) is 1.90. The highest BCUT2D eigenvalue weighted by molar-refractivity contribution is 5.54. The van der Waals surface area contributed by atoms with Crippen LogP contribution in [0.4, 0.5) is 4.39 Å². The van der Waals surface area contributed by atoms with Crippen molar-refractivity contribution in [1.29, 1.82) is 0 Å². The molecule has 0 atom stereocenters. The molecule has 0 aliphatic carbocycles. The number of H-pyrrole nitrogens is 1. The molecule has 1 aromatic carbocycles. The summed E-state index contributed by atoms with van der Waals surface area (Å²) in [4.78, 5) is 7.37. The molecule has 0 radical (unpaired) electrons. The molecule has 15 heavy (non-hydrogen) atoms. The van der Waals surface area contributed by atoms with Crippen LogP contribution in [0.5, 0.6) is 0 Å². The van der Waals surface area contributed by atoms with Gasteiger partial charge >= 0.3 is 0 Å². The first kappa shape index (κ1) is 9.86. The van der Waals surface area contributed by atoms with Gasteiger partial charge in [-0.2, -0.15) is 0 Å². The second-order valence-electron chi connectivity index (χ2n) is 3.29. The highest BCUT2D eigenvalue weighted by Gasteiger charge is 2.02. The standard InChI is InChI=1S/C11H12FN3/c1-13-6-10-7-14-11(15-10)8-2-4-9(12)5-3-8/h2-5,7,13H,6H2,1H3,(H,14,15). The molecule has 3 nitrogen and oxygen atoms in total. The van der Waals surface area contributed by atoms with Gasteiger partial charge in [0.2, 0.25) is 0 Å². The van der Waals surface area contributed by atoms with Crippen LogP contribution >= 0.6 is 0 Å². The van der Waals surface area contributed by atoms with E-state index in [0.717, 1.165) is 23.6 Å². The van der Waals surface area contributed by atoms with Crippen LogP contribution in [-0.2, 0) is 6.54 Å². The molecule has 0 fully saturated rings. The van der Waals surface area contributed by atoms with Crippen LogP contribution in [0.1, 0.15) is 5.69 Å². The van der Waals surface area contributed by atoms with Crippen LogP contribution in [0.25, 0.3) is 11.4 Å². The fraction of sp³-hybridized carbons (Fsp3) is 0.182. The van der Waals surface area contributed by atoms with Crippen molar-refractivity contribution in [2.45, 2.75) is 6.54 Å². The summed E-state index contributed by atoms with van der Waals surface area (Å²) in [6.45, 7) is 0.744. The summed E-state index contributed by atoms with van der Waals surface area (Å²) in [6, 6.07) is 6.26. The third-order valence-electron chi connectivity index (χ3n) is 2.11. The van der Waals surface area contributed by atoms with Crippen molar-refractivity contribution >= 4 is 0 Å². The summed E-state index contributed by atoms with van der Waals surface area (Å²) < 4.78 is 12.7. The van der Waals surface area contributed by atoms with E-state index >= 15 is 0 Å². The van der Waals surface area contributed by atoms with Crippen LogP contribution in [-0.4, -0.2) is 17.0 Å². The molecule has 0 saturated carbocycles. The van der Waals surface area contributed by atoms with E-state index in [1.165, 1.54) is 12.1 Å². The second kappa shape index (κ2) is 4.23. The van der Waals surface area contributed by atoms with E-state index in [9.17, 15) is 4.39 Å². The summed E-state index contributed by atoms with van der Waals surface area (Å²) >= 11 is 0.